The molecule has 4 aromatic rings. The lowest BCUT2D eigenvalue weighted by atomic mass is 10.0. The van der Waals surface area contributed by atoms with E-state index in [0.29, 0.717) is 18.0 Å². The number of aromatic nitrogens is 3. The summed E-state index contributed by atoms with van der Waals surface area (Å²) in [7, 11) is 0. The van der Waals surface area contributed by atoms with Gasteiger partial charge < -0.3 is 24.0 Å². The molecule has 2 aliphatic rings. The number of carboxylic acid groups (broad SMARTS) is 1. The van der Waals surface area contributed by atoms with Crippen LogP contribution in [-0.4, -0.2) is 51.4 Å². The molecule has 0 saturated carbocycles. The first-order valence-electron chi connectivity index (χ1n) is 13.0. The third kappa shape index (κ3) is 5.41. The predicted octanol–water partition coefficient (Wildman–Crippen LogP) is 5.25. The number of halogens is 1. The zero-order chi connectivity index (χ0) is 27.6. The molecule has 0 amide bonds. The number of carboxylic acids is 1. The minimum Gasteiger partial charge on any atom is -0.477 e. The van der Waals surface area contributed by atoms with Crippen LogP contribution in [0.2, 0.25) is 0 Å². The highest BCUT2D eigenvalue weighted by atomic mass is 32.1. The van der Waals surface area contributed by atoms with Crippen molar-refractivity contribution < 1.29 is 23.8 Å². The fourth-order valence-corrected chi connectivity index (χ4v) is 5.75. The highest BCUT2D eigenvalue weighted by Crippen LogP contribution is 2.31. The van der Waals surface area contributed by atoms with Crippen LogP contribution in [-0.2, 0) is 17.9 Å². The van der Waals surface area contributed by atoms with Gasteiger partial charge in [0.1, 0.15) is 33.8 Å². The second-order valence-electron chi connectivity index (χ2n) is 9.80. The number of piperidine rings is 1. The Morgan fingerprint density at radius 1 is 1.25 bits per heavy atom. The van der Waals surface area contributed by atoms with Crippen LogP contribution < -0.4 is 9.64 Å². The lowest BCUT2D eigenvalue weighted by Gasteiger charge is -2.30. The van der Waals surface area contributed by atoms with Gasteiger partial charge in [0.25, 0.3) is 0 Å². The first kappa shape index (κ1) is 26.0. The summed E-state index contributed by atoms with van der Waals surface area (Å²) < 4.78 is 27.7. The van der Waals surface area contributed by atoms with Crippen molar-refractivity contribution in [2.75, 3.05) is 24.6 Å². The van der Waals surface area contributed by atoms with E-state index in [9.17, 15) is 14.3 Å². The van der Waals surface area contributed by atoms with E-state index in [1.54, 1.807) is 24.3 Å². The number of imidazole rings is 1. The molecular formula is C29H26FN5O4S. The van der Waals surface area contributed by atoms with Gasteiger partial charge in [-0.05, 0) is 49.6 Å². The molecule has 204 valence electrons. The van der Waals surface area contributed by atoms with Crippen molar-refractivity contribution in [2.45, 2.75) is 38.5 Å². The van der Waals surface area contributed by atoms with Crippen molar-refractivity contribution in [1.29, 1.82) is 5.26 Å². The van der Waals surface area contributed by atoms with E-state index in [4.69, 9.17) is 19.7 Å². The van der Waals surface area contributed by atoms with Crippen LogP contribution in [0.4, 0.5) is 10.2 Å². The van der Waals surface area contributed by atoms with Gasteiger partial charge in [-0.25, -0.2) is 14.2 Å². The average molecular weight is 560 g/mol. The van der Waals surface area contributed by atoms with E-state index >= 15 is 0 Å². The van der Waals surface area contributed by atoms with Crippen molar-refractivity contribution in [1.82, 2.24) is 14.5 Å². The van der Waals surface area contributed by atoms with Crippen LogP contribution in [0.1, 0.15) is 45.9 Å². The van der Waals surface area contributed by atoms with Crippen molar-refractivity contribution in [3.63, 3.8) is 0 Å². The molecule has 40 heavy (non-hydrogen) atoms. The zero-order valence-corrected chi connectivity index (χ0v) is 22.4. The lowest BCUT2D eigenvalue weighted by Crippen LogP contribution is -2.32. The van der Waals surface area contributed by atoms with Gasteiger partial charge in [0.2, 0.25) is 5.88 Å². The number of rotatable bonds is 8. The number of pyridine rings is 1. The smallest absolute Gasteiger partial charge is 0.346 e. The van der Waals surface area contributed by atoms with E-state index in [-0.39, 0.29) is 23.2 Å². The standard InChI is InChI=1S/C29H26FN5O4S/c30-22-12-19(15-31)4-5-20(22)17-39-27-3-1-2-25(32-27)34-9-6-18(7-10-34)13-26-33-28-23(14-24(40-28)29(36)37)35(26)16-21-8-11-38-21/h1-5,12-14,21H,6-11,16-17H2,(H,36,37)/t21-/m0/s1. The van der Waals surface area contributed by atoms with E-state index < -0.39 is 11.8 Å². The first-order chi connectivity index (χ1) is 19.5. The van der Waals surface area contributed by atoms with E-state index in [0.717, 1.165) is 60.9 Å². The van der Waals surface area contributed by atoms with Gasteiger partial charge in [0.05, 0.1) is 29.8 Å². The van der Waals surface area contributed by atoms with Gasteiger partial charge in [0.15, 0.2) is 0 Å². The van der Waals surface area contributed by atoms with Crippen LogP contribution in [0.3, 0.4) is 0 Å². The van der Waals surface area contributed by atoms with Crippen LogP contribution in [0.5, 0.6) is 5.88 Å². The largest absolute Gasteiger partial charge is 0.477 e. The predicted molar refractivity (Wildman–Crippen MR) is 148 cm³/mol. The summed E-state index contributed by atoms with van der Waals surface area (Å²) in [5, 5.41) is 18.3. The minimum absolute atomic E-state index is 0.0187. The number of nitrogens with zero attached hydrogens (tertiary/aromatic N) is 5. The number of thiophene rings is 1. The molecular weight excluding hydrogens is 533 g/mol. The molecule has 0 radical (unpaired) electrons. The second kappa shape index (κ2) is 11.1. The van der Waals surface area contributed by atoms with Gasteiger partial charge >= 0.3 is 5.97 Å². The highest BCUT2D eigenvalue weighted by Gasteiger charge is 2.24. The second-order valence-corrected chi connectivity index (χ2v) is 10.8. The Labute approximate surface area is 233 Å². The molecule has 0 unspecified atom stereocenters. The van der Waals surface area contributed by atoms with Gasteiger partial charge in [-0.3, -0.25) is 0 Å². The Bertz CT molecular complexity index is 1640. The molecule has 2 saturated heterocycles. The quantitative estimate of drug-likeness (QED) is 0.311. The molecule has 2 aliphatic heterocycles. The van der Waals surface area contributed by atoms with Gasteiger partial charge in [-0.2, -0.15) is 10.2 Å². The number of hydrogen-bond acceptors (Lipinski definition) is 8. The van der Waals surface area contributed by atoms with E-state index in [2.05, 4.69) is 20.5 Å². The molecule has 0 spiro atoms. The number of nitriles is 1. The average Bonchev–Trinajstić information content (AvgIpc) is 3.49. The SMILES string of the molecule is N#Cc1ccc(COc2cccc(N3CCC(=Cc4nc5sc(C(=O)O)cc5n4C[C@@H]4CCO4)CC3)n2)c(F)c1. The number of carbonyl (C=O) groups is 1. The van der Waals surface area contributed by atoms with Gasteiger partial charge in [-0.1, -0.05) is 17.7 Å². The zero-order valence-electron chi connectivity index (χ0n) is 21.5. The molecule has 2 fully saturated rings. The topological polar surface area (TPSA) is 114 Å². The molecule has 6 rings (SSSR count). The molecule has 5 heterocycles. The number of anilines is 1. The first-order valence-corrected chi connectivity index (χ1v) is 13.9. The van der Waals surface area contributed by atoms with Crippen molar-refractivity contribution in [2.24, 2.45) is 0 Å². The Morgan fingerprint density at radius 3 is 2.77 bits per heavy atom. The number of ether oxygens (including phenoxy) is 2. The highest BCUT2D eigenvalue weighted by molar-refractivity contribution is 7.20. The molecule has 1 N–H and O–H groups in total. The third-order valence-corrected chi connectivity index (χ3v) is 8.20. The number of fused-ring (bicyclic) bond motifs is 1. The normalized spacial score (nSPS) is 16.9. The van der Waals surface area contributed by atoms with Crippen molar-refractivity contribution in [3.05, 3.63) is 75.7 Å². The van der Waals surface area contributed by atoms with E-state index in [1.165, 1.54) is 23.0 Å². The molecule has 1 atom stereocenters. The lowest BCUT2D eigenvalue weighted by molar-refractivity contribution is -0.0587. The summed E-state index contributed by atoms with van der Waals surface area (Å²) in [4.78, 5) is 24.1. The Morgan fingerprint density at radius 2 is 2.08 bits per heavy atom. The number of benzene rings is 1. The summed E-state index contributed by atoms with van der Waals surface area (Å²) in [6.07, 6.45) is 4.91. The fraction of sp³-hybridized carbons (Fsp3) is 0.310. The van der Waals surface area contributed by atoms with Crippen LogP contribution >= 0.6 is 11.3 Å². The summed E-state index contributed by atoms with van der Waals surface area (Å²) in [5.74, 6) is 0.617. The number of aromatic carboxylic acids is 1. The summed E-state index contributed by atoms with van der Waals surface area (Å²) in [6.45, 7) is 2.98. The van der Waals surface area contributed by atoms with Crippen molar-refractivity contribution in [3.8, 4) is 11.9 Å². The Balaban J connectivity index is 1.13. The van der Waals surface area contributed by atoms with E-state index in [1.807, 2.05) is 18.2 Å². The Kier molecular flexibility index (Phi) is 7.19. The number of hydrogen-bond donors (Lipinski definition) is 1. The molecule has 0 bridgehead atoms. The molecule has 1 aromatic carbocycles. The molecule has 0 aliphatic carbocycles. The molecule has 11 heteroatoms. The summed E-state index contributed by atoms with van der Waals surface area (Å²) in [5.41, 5.74) is 2.74. The minimum atomic E-state index is -0.939. The maximum Gasteiger partial charge on any atom is 0.346 e. The monoisotopic (exact) mass is 559 g/mol. The molecule has 3 aromatic heterocycles. The van der Waals surface area contributed by atoms with Crippen LogP contribution in [0, 0.1) is 17.1 Å². The maximum absolute atomic E-state index is 14.2. The molecule has 9 nitrogen and oxygen atoms in total. The van der Waals surface area contributed by atoms with Gasteiger partial charge in [-0.15, -0.1) is 11.3 Å². The van der Waals surface area contributed by atoms with Crippen LogP contribution in [0.25, 0.3) is 16.4 Å². The fourth-order valence-electron chi connectivity index (χ4n) is 4.87. The summed E-state index contributed by atoms with van der Waals surface area (Å²) >= 11 is 1.20. The summed E-state index contributed by atoms with van der Waals surface area (Å²) in [6, 6.07) is 13.5. The third-order valence-electron chi connectivity index (χ3n) is 7.20. The van der Waals surface area contributed by atoms with Crippen molar-refractivity contribution >= 4 is 39.5 Å². The van der Waals surface area contributed by atoms with Gasteiger partial charge in [0, 0.05) is 31.3 Å². The Hall–Kier alpha value is -4.27. The maximum atomic E-state index is 14.2. The van der Waals surface area contributed by atoms with Crippen LogP contribution in [0.15, 0.2) is 48.0 Å².